The summed E-state index contributed by atoms with van der Waals surface area (Å²) in [6.07, 6.45) is 0. The highest BCUT2D eigenvalue weighted by Gasteiger charge is 2.06. The van der Waals surface area contributed by atoms with Crippen molar-refractivity contribution in [1.29, 1.82) is 0 Å². The van der Waals surface area contributed by atoms with Crippen LogP contribution in [0.3, 0.4) is 0 Å². The SMILES string of the molecule is COc1ccc(NC(=O)c2ccc(COc3cccc(C)c3)cc2)cc1. The van der Waals surface area contributed by atoms with Crippen molar-refractivity contribution in [3.05, 3.63) is 89.5 Å². The Morgan fingerprint density at radius 1 is 0.923 bits per heavy atom. The van der Waals surface area contributed by atoms with Crippen molar-refractivity contribution < 1.29 is 14.3 Å². The van der Waals surface area contributed by atoms with Gasteiger partial charge in [-0.1, -0.05) is 24.3 Å². The molecule has 1 N–H and O–H groups in total. The Balaban J connectivity index is 1.58. The molecular formula is C22H21NO3. The third kappa shape index (κ3) is 4.63. The molecule has 0 bridgehead atoms. The van der Waals surface area contributed by atoms with Crippen LogP contribution < -0.4 is 14.8 Å². The molecule has 0 saturated heterocycles. The van der Waals surface area contributed by atoms with Crippen LogP contribution in [0.25, 0.3) is 0 Å². The van der Waals surface area contributed by atoms with Gasteiger partial charge in [0.1, 0.15) is 18.1 Å². The molecule has 0 spiro atoms. The summed E-state index contributed by atoms with van der Waals surface area (Å²) in [7, 11) is 1.61. The normalized spacial score (nSPS) is 10.2. The average molecular weight is 347 g/mol. The summed E-state index contributed by atoms with van der Waals surface area (Å²) < 4.78 is 10.9. The summed E-state index contributed by atoms with van der Waals surface area (Å²) in [4.78, 5) is 12.3. The zero-order valence-corrected chi connectivity index (χ0v) is 14.9. The number of aryl methyl sites for hydroxylation is 1. The van der Waals surface area contributed by atoms with Crippen LogP contribution in [-0.4, -0.2) is 13.0 Å². The van der Waals surface area contributed by atoms with Gasteiger partial charge in [0, 0.05) is 11.3 Å². The molecule has 0 aliphatic carbocycles. The molecule has 0 saturated carbocycles. The number of rotatable bonds is 6. The van der Waals surface area contributed by atoms with E-state index in [0.717, 1.165) is 28.3 Å². The molecule has 4 nitrogen and oxygen atoms in total. The van der Waals surface area contributed by atoms with Crippen LogP contribution in [0.1, 0.15) is 21.5 Å². The van der Waals surface area contributed by atoms with E-state index in [2.05, 4.69) is 5.32 Å². The van der Waals surface area contributed by atoms with Crippen LogP contribution in [0.5, 0.6) is 11.5 Å². The first kappa shape index (κ1) is 17.5. The Hall–Kier alpha value is -3.27. The quantitative estimate of drug-likeness (QED) is 0.694. The molecule has 0 aromatic heterocycles. The standard InChI is InChI=1S/C22H21NO3/c1-16-4-3-5-21(14-16)26-15-17-6-8-18(9-7-17)22(24)23-19-10-12-20(25-2)13-11-19/h3-14H,15H2,1-2H3,(H,23,24). The molecule has 0 heterocycles. The largest absolute Gasteiger partial charge is 0.497 e. The second kappa shape index (κ2) is 8.21. The van der Waals surface area contributed by atoms with Crippen LogP contribution >= 0.6 is 0 Å². The van der Waals surface area contributed by atoms with Gasteiger partial charge in [-0.05, 0) is 66.6 Å². The highest BCUT2D eigenvalue weighted by Crippen LogP contribution is 2.17. The number of hydrogen-bond donors (Lipinski definition) is 1. The molecule has 3 rings (SSSR count). The zero-order valence-electron chi connectivity index (χ0n) is 14.9. The molecular weight excluding hydrogens is 326 g/mol. The maximum absolute atomic E-state index is 12.3. The summed E-state index contributed by atoms with van der Waals surface area (Å²) in [5.74, 6) is 1.44. The van der Waals surface area contributed by atoms with Crippen molar-refractivity contribution in [3.63, 3.8) is 0 Å². The smallest absolute Gasteiger partial charge is 0.255 e. The van der Waals surface area contributed by atoms with E-state index in [4.69, 9.17) is 9.47 Å². The number of carbonyl (C=O) groups is 1. The number of hydrogen-bond acceptors (Lipinski definition) is 3. The van der Waals surface area contributed by atoms with E-state index >= 15 is 0 Å². The number of amides is 1. The van der Waals surface area contributed by atoms with Gasteiger partial charge < -0.3 is 14.8 Å². The van der Waals surface area contributed by atoms with Gasteiger partial charge in [-0.25, -0.2) is 0 Å². The lowest BCUT2D eigenvalue weighted by molar-refractivity contribution is 0.102. The Bertz CT molecular complexity index is 871. The van der Waals surface area contributed by atoms with E-state index in [9.17, 15) is 4.79 Å². The van der Waals surface area contributed by atoms with Crippen LogP contribution in [0.15, 0.2) is 72.8 Å². The minimum Gasteiger partial charge on any atom is -0.497 e. The highest BCUT2D eigenvalue weighted by molar-refractivity contribution is 6.04. The van der Waals surface area contributed by atoms with Crippen molar-refractivity contribution in [3.8, 4) is 11.5 Å². The summed E-state index contributed by atoms with van der Waals surface area (Å²) in [5.41, 5.74) is 3.49. The van der Waals surface area contributed by atoms with Crippen LogP contribution in [0.2, 0.25) is 0 Å². The maximum Gasteiger partial charge on any atom is 0.255 e. The number of carbonyl (C=O) groups excluding carboxylic acids is 1. The topological polar surface area (TPSA) is 47.6 Å². The monoisotopic (exact) mass is 347 g/mol. The van der Waals surface area contributed by atoms with Crippen molar-refractivity contribution in [2.45, 2.75) is 13.5 Å². The van der Waals surface area contributed by atoms with Gasteiger partial charge in [0.05, 0.1) is 7.11 Å². The predicted molar refractivity (Wildman–Crippen MR) is 103 cm³/mol. The second-order valence-corrected chi connectivity index (χ2v) is 5.98. The fourth-order valence-electron chi connectivity index (χ4n) is 2.50. The van der Waals surface area contributed by atoms with Gasteiger partial charge in [0.15, 0.2) is 0 Å². The first-order valence-corrected chi connectivity index (χ1v) is 8.38. The van der Waals surface area contributed by atoms with Gasteiger partial charge in [-0.15, -0.1) is 0 Å². The van der Waals surface area contributed by atoms with E-state index in [1.165, 1.54) is 0 Å². The number of ether oxygens (including phenoxy) is 2. The molecule has 3 aromatic carbocycles. The lowest BCUT2D eigenvalue weighted by atomic mass is 10.1. The number of methoxy groups -OCH3 is 1. The van der Waals surface area contributed by atoms with E-state index in [0.29, 0.717) is 12.2 Å². The van der Waals surface area contributed by atoms with Crippen molar-refractivity contribution >= 4 is 11.6 Å². The molecule has 4 heteroatoms. The summed E-state index contributed by atoms with van der Waals surface area (Å²) in [6, 6.07) is 22.6. The molecule has 26 heavy (non-hydrogen) atoms. The van der Waals surface area contributed by atoms with Gasteiger partial charge in [0.25, 0.3) is 5.91 Å². The Labute approximate surface area is 153 Å². The van der Waals surface area contributed by atoms with Crippen molar-refractivity contribution in [1.82, 2.24) is 0 Å². The molecule has 0 atom stereocenters. The highest BCUT2D eigenvalue weighted by atomic mass is 16.5. The number of anilines is 1. The van der Waals surface area contributed by atoms with Crippen molar-refractivity contribution in [2.24, 2.45) is 0 Å². The minimum atomic E-state index is -0.152. The summed E-state index contributed by atoms with van der Waals surface area (Å²) >= 11 is 0. The maximum atomic E-state index is 12.3. The van der Waals surface area contributed by atoms with E-state index < -0.39 is 0 Å². The molecule has 0 aliphatic rings. The molecule has 132 valence electrons. The van der Waals surface area contributed by atoms with E-state index in [-0.39, 0.29) is 5.91 Å². The third-order valence-electron chi connectivity index (χ3n) is 3.96. The molecule has 0 radical (unpaired) electrons. The fourth-order valence-corrected chi connectivity index (χ4v) is 2.50. The summed E-state index contributed by atoms with van der Waals surface area (Å²) in [5, 5.41) is 2.87. The summed E-state index contributed by atoms with van der Waals surface area (Å²) in [6.45, 7) is 2.49. The molecule has 3 aromatic rings. The first-order valence-electron chi connectivity index (χ1n) is 8.38. The zero-order chi connectivity index (χ0) is 18.4. The van der Waals surface area contributed by atoms with Crippen molar-refractivity contribution in [2.75, 3.05) is 12.4 Å². The molecule has 1 amide bonds. The number of benzene rings is 3. The molecule has 0 unspecified atom stereocenters. The van der Waals surface area contributed by atoms with Gasteiger partial charge in [-0.2, -0.15) is 0 Å². The van der Waals surface area contributed by atoms with Crippen LogP contribution in [-0.2, 0) is 6.61 Å². The third-order valence-corrected chi connectivity index (χ3v) is 3.96. The van der Waals surface area contributed by atoms with Gasteiger partial charge in [-0.3, -0.25) is 4.79 Å². The average Bonchev–Trinajstić information content (AvgIpc) is 2.67. The fraction of sp³-hybridized carbons (Fsp3) is 0.136. The Morgan fingerprint density at radius 3 is 2.31 bits per heavy atom. The second-order valence-electron chi connectivity index (χ2n) is 5.98. The minimum absolute atomic E-state index is 0.152. The van der Waals surface area contributed by atoms with Crippen LogP contribution in [0.4, 0.5) is 5.69 Å². The molecule has 0 aliphatic heterocycles. The molecule has 0 fully saturated rings. The number of nitrogens with one attached hydrogen (secondary N) is 1. The van der Waals surface area contributed by atoms with E-state index in [1.54, 1.807) is 43.5 Å². The lowest BCUT2D eigenvalue weighted by Crippen LogP contribution is -2.11. The Morgan fingerprint density at radius 2 is 1.65 bits per heavy atom. The Kier molecular flexibility index (Phi) is 5.54. The lowest BCUT2D eigenvalue weighted by Gasteiger charge is -2.09. The van der Waals surface area contributed by atoms with E-state index in [1.807, 2.05) is 43.3 Å². The van der Waals surface area contributed by atoms with Gasteiger partial charge in [0.2, 0.25) is 0 Å². The van der Waals surface area contributed by atoms with Gasteiger partial charge >= 0.3 is 0 Å². The van der Waals surface area contributed by atoms with Crippen LogP contribution in [0, 0.1) is 6.92 Å². The first-order chi connectivity index (χ1) is 12.6. The predicted octanol–water partition coefficient (Wildman–Crippen LogP) is 4.83.